The van der Waals surface area contributed by atoms with E-state index in [-0.39, 0.29) is 16.2 Å². The molecule has 6 heteroatoms. The number of aromatic nitrogens is 1. The summed E-state index contributed by atoms with van der Waals surface area (Å²) in [5, 5.41) is 16.9. The fraction of sp³-hybridized carbons (Fsp3) is 0.714. The number of aliphatic hydroxyl groups excluding tert-OH is 1. The molecule has 2 atom stereocenters. The maximum Gasteiger partial charge on any atom is 0.141 e. The number of pyridine rings is 1. The lowest BCUT2D eigenvalue weighted by molar-refractivity contribution is 0.150. The number of hydrogen-bond acceptors (Lipinski definition) is 4. The van der Waals surface area contributed by atoms with Crippen molar-refractivity contribution in [2.75, 3.05) is 20.6 Å². The van der Waals surface area contributed by atoms with Crippen LogP contribution in [0.25, 0.3) is 0 Å². The van der Waals surface area contributed by atoms with E-state index in [1.165, 1.54) is 37.9 Å². The number of rotatable bonds is 8. The molecule has 2 rings (SSSR count). The van der Waals surface area contributed by atoms with Gasteiger partial charge in [0.1, 0.15) is 5.82 Å². The molecule has 1 heterocycles. The Morgan fingerprint density at radius 3 is 2.56 bits per heavy atom. The van der Waals surface area contributed by atoms with E-state index in [4.69, 9.17) is 0 Å². The monoisotopic (exact) mass is 397 g/mol. The molecule has 1 aromatic rings. The van der Waals surface area contributed by atoms with Gasteiger partial charge in [0.05, 0.1) is 12.3 Å². The van der Waals surface area contributed by atoms with Crippen LogP contribution in [-0.4, -0.2) is 51.2 Å². The van der Waals surface area contributed by atoms with Crippen molar-refractivity contribution in [3.63, 3.8) is 0 Å². The summed E-state index contributed by atoms with van der Waals surface area (Å²) < 4.78 is 15.6. The molecule has 1 saturated carbocycles. The van der Waals surface area contributed by atoms with Gasteiger partial charge in [-0.25, -0.2) is 4.39 Å². The quantitative estimate of drug-likeness (QED) is 0.647. The Morgan fingerprint density at radius 2 is 2.00 bits per heavy atom. The first-order chi connectivity index (χ1) is 12.7. The Hall–Kier alpha value is -0.820. The molecule has 0 aromatic carbocycles. The molecule has 0 saturated heterocycles. The van der Waals surface area contributed by atoms with Crippen molar-refractivity contribution in [2.45, 2.75) is 69.8 Å². The van der Waals surface area contributed by atoms with Crippen molar-refractivity contribution in [1.29, 1.82) is 0 Å². The number of β-amino-alcohol motifs (C(OH)–C–C–N with tert-alkyl or cyclic N) is 1. The van der Waals surface area contributed by atoms with Crippen molar-refractivity contribution in [1.82, 2.24) is 14.6 Å². The minimum atomic E-state index is -0.745. The van der Waals surface area contributed by atoms with Gasteiger partial charge in [-0.05, 0) is 84.3 Å². The summed E-state index contributed by atoms with van der Waals surface area (Å²) in [5.41, 5.74) is 0.463. The summed E-state index contributed by atoms with van der Waals surface area (Å²) in [5.74, 6) is 0.310. The zero-order valence-electron chi connectivity index (χ0n) is 17.4. The van der Waals surface area contributed by atoms with E-state index in [1.54, 1.807) is 0 Å². The summed E-state index contributed by atoms with van der Waals surface area (Å²) in [6, 6.07) is 1.35. The van der Waals surface area contributed by atoms with Gasteiger partial charge in [0.15, 0.2) is 0 Å². The summed E-state index contributed by atoms with van der Waals surface area (Å²) in [6.45, 7) is 6.98. The van der Waals surface area contributed by atoms with E-state index < -0.39 is 11.9 Å². The molecule has 0 aliphatic heterocycles. The van der Waals surface area contributed by atoms with Crippen LogP contribution in [0.5, 0.6) is 0 Å². The third kappa shape index (κ3) is 6.93. The average Bonchev–Trinajstić information content (AvgIpc) is 2.61. The molecule has 1 aromatic heterocycles. The molecule has 0 amide bonds. The summed E-state index contributed by atoms with van der Waals surface area (Å²) in [7, 11) is 4.65. The first-order valence-corrected chi connectivity index (χ1v) is 11.2. The lowest BCUT2D eigenvalue weighted by Gasteiger charge is -2.37. The zero-order chi connectivity index (χ0) is 20.0. The van der Waals surface area contributed by atoms with Crippen LogP contribution in [0.4, 0.5) is 4.39 Å². The van der Waals surface area contributed by atoms with Gasteiger partial charge in [-0.1, -0.05) is 0 Å². The minimum Gasteiger partial charge on any atom is -0.387 e. The van der Waals surface area contributed by atoms with Gasteiger partial charge in [-0.3, -0.25) is 9.29 Å². The molecule has 0 spiro atoms. The van der Waals surface area contributed by atoms with Crippen LogP contribution in [0.3, 0.4) is 0 Å². The van der Waals surface area contributed by atoms with Crippen LogP contribution in [0.1, 0.15) is 64.5 Å². The van der Waals surface area contributed by atoms with Crippen molar-refractivity contribution >= 4 is 16.0 Å². The SMILES string of the molecule is C/C=S(\C1CCC(CC(C)(C)NC[C@H](O)c2cncc(F)c2)CC1)N(C)C. The van der Waals surface area contributed by atoms with E-state index in [2.05, 4.69) is 54.8 Å². The predicted molar refractivity (Wildman–Crippen MR) is 115 cm³/mol. The van der Waals surface area contributed by atoms with E-state index >= 15 is 0 Å². The van der Waals surface area contributed by atoms with Crippen LogP contribution < -0.4 is 5.32 Å². The second-order valence-corrected chi connectivity index (χ2v) is 11.0. The minimum absolute atomic E-state index is 0.0562. The number of nitrogens with zero attached hydrogens (tertiary/aromatic N) is 2. The largest absolute Gasteiger partial charge is 0.387 e. The molecule has 154 valence electrons. The third-order valence-electron chi connectivity index (χ3n) is 5.48. The maximum absolute atomic E-state index is 13.3. The van der Waals surface area contributed by atoms with Crippen molar-refractivity contribution in [3.8, 4) is 0 Å². The Labute approximate surface area is 166 Å². The number of hydrogen-bond donors (Lipinski definition) is 2. The van der Waals surface area contributed by atoms with Gasteiger partial charge in [-0.15, -0.1) is 10.7 Å². The maximum atomic E-state index is 13.3. The molecular formula is C21H36FN3OS. The Bertz CT molecular complexity index is 628. The topological polar surface area (TPSA) is 48.4 Å². The van der Waals surface area contributed by atoms with Gasteiger partial charge in [0.25, 0.3) is 0 Å². The highest BCUT2D eigenvalue weighted by Gasteiger charge is 2.29. The zero-order valence-corrected chi connectivity index (χ0v) is 18.2. The molecule has 2 N–H and O–H groups in total. The van der Waals surface area contributed by atoms with E-state index in [1.807, 2.05) is 0 Å². The van der Waals surface area contributed by atoms with Gasteiger partial charge >= 0.3 is 0 Å². The highest BCUT2D eigenvalue weighted by atomic mass is 32.2. The van der Waals surface area contributed by atoms with Gasteiger partial charge < -0.3 is 10.4 Å². The number of aliphatic hydroxyl groups is 1. The first kappa shape index (κ1) is 22.5. The first-order valence-electron chi connectivity index (χ1n) is 9.94. The summed E-state index contributed by atoms with van der Waals surface area (Å²) in [6.07, 6.45) is 8.17. The van der Waals surface area contributed by atoms with Crippen LogP contribution in [0.15, 0.2) is 18.5 Å². The van der Waals surface area contributed by atoms with E-state index in [0.29, 0.717) is 12.1 Å². The lowest BCUT2D eigenvalue weighted by Crippen LogP contribution is -2.43. The normalized spacial score (nSPS) is 23.6. The third-order valence-corrected chi connectivity index (χ3v) is 7.96. The van der Waals surface area contributed by atoms with Crippen molar-refractivity contribution < 1.29 is 9.50 Å². The van der Waals surface area contributed by atoms with Crippen molar-refractivity contribution in [2.24, 2.45) is 5.92 Å². The smallest absolute Gasteiger partial charge is 0.141 e. The molecule has 1 fully saturated rings. The predicted octanol–water partition coefficient (Wildman–Crippen LogP) is 4.14. The van der Waals surface area contributed by atoms with Gasteiger partial charge in [0.2, 0.25) is 0 Å². The lowest BCUT2D eigenvalue weighted by atomic mass is 9.80. The van der Waals surface area contributed by atoms with Crippen LogP contribution in [-0.2, 0) is 0 Å². The Kier molecular flexibility index (Phi) is 8.40. The Balaban J connectivity index is 1.81. The second kappa shape index (κ2) is 10.1. The average molecular weight is 398 g/mol. The molecule has 0 radical (unpaired) electrons. The molecular weight excluding hydrogens is 361 g/mol. The van der Waals surface area contributed by atoms with E-state index in [0.717, 1.165) is 23.8 Å². The van der Waals surface area contributed by atoms with Crippen LogP contribution in [0, 0.1) is 11.7 Å². The number of halogens is 1. The molecule has 4 nitrogen and oxygen atoms in total. The molecule has 0 bridgehead atoms. The molecule has 1 unspecified atom stereocenters. The van der Waals surface area contributed by atoms with E-state index in [9.17, 15) is 9.50 Å². The van der Waals surface area contributed by atoms with Crippen LogP contribution >= 0.6 is 10.7 Å². The van der Waals surface area contributed by atoms with Gasteiger partial charge in [0, 0.05) is 29.1 Å². The highest BCUT2D eigenvalue weighted by molar-refractivity contribution is 8.13. The standard InChI is InChI=1S/C21H36FN3OS/c1-6-27(25(4)5)19-9-7-16(8-10-19)12-21(2,3)24-15-20(26)17-11-18(22)14-23-13-17/h6,11,13-14,16,19-20,24,26H,7-10,12,15H2,1-5H3/t16?,19?,20-,27?/m0/s1. The summed E-state index contributed by atoms with van der Waals surface area (Å²) in [4.78, 5) is 3.82. The van der Waals surface area contributed by atoms with Crippen LogP contribution in [0.2, 0.25) is 0 Å². The fourth-order valence-corrected chi connectivity index (χ4v) is 6.33. The summed E-state index contributed by atoms with van der Waals surface area (Å²) >= 11 is 0. The van der Waals surface area contributed by atoms with Crippen molar-refractivity contribution in [3.05, 3.63) is 29.8 Å². The Morgan fingerprint density at radius 1 is 1.33 bits per heavy atom. The highest BCUT2D eigenvalue weighted by Crippen LogP contribution is 2.39. The molecule has 27 heavy (non-hydrogen) atoms. The molecule has 1 aliphatic carbocycles. The van der Waals surface area contributed by atoms with Gasteiger partial charge in [-0.2, -0.15) is 0 Å². The molecule has 1 aliphatic rings. The fourth-order valence-electron chi connectivity index (χ4n) is 4.17. The number of nitrogens with one attached hydrogen (secondary N) is 1. The second-order valence-electron chi connectivity index (χ2n) is 8.46.